The van der Waals surface area contributed by atoms with Crippen LogP contribution in [0.25, 0.3) is 32.9 Å². The minimum Gasteiger partial charge on any atom is -0.508 e. The number of fused-ring (bicyclic) bond motifs is 4. The van der Waals surface area contributed by atoms with Crippen molar-refractivity contribution in [2.24, 2.45) is 10.8 Å². The maximum Gasteiger partial charge on any atom is 0.424 e. The van der Waals surface area contributed by atoms with Gasteiger partial charge in [-0.25, -0.2) is 18.2 Å². The smallest absolute Gasteiger partial charge is 0.424 e. The molecule has 15 heteroatoms. The van der Waals surface area contributed by atoms with E-state index in [1.165, 1.54) is 31.4 Å². The molecule has 5 fully saturated rings. The monoisotopic (exact) mass is 738 g/mol. The van der Waals surface area contributed by atoms with Crippen LogP contribution >= 0.6 is 0 Å². The number of methoxy groups -OCH3 is 1. The summed E-state index contributed by atoms with van der Waals surface area (Å²) in [5.74, 6) is 0.806. The molecule has 5 heterocycles. The summed E-state index contributed by atoms with van der Waals surface area (Å²) in [6.45, 7) is 0.673. The molecule has 2 aliphatic carbocycles. The van der Waals surface area contributed by atoms with Crippen LogP contribution in [0.1, 0.15) is 44.1 Å². The fraction of sp³-hybridized carbons (Fsp3) is 0.500. The molecule has 2 bridgehead atoms. The second kappa shape index (κ2) is 11.7. The van der Waals surface area contributed by atoms with Crippen LogP contribution in [-0.4, -0.2) is 95.3 Å². The van der Waals surface area contributed by atoms with Crippen molar-refractivity contribution in [3.05, 3.63) is 41.5 Å². The van der Waals surface area contributed by atoms with Crippen molar-refractivity contribution < 1.29 is 40.9 Å². The van der Waals surface area contributed by atoms with Gasteiger partial charge >= 0.3 is 12.2 Å². The second-order valence-corrected chi connectivity index (χ2v) is 15.6. The highest BCUT2D eigenvalue weighted by Gasteiger charge is 2.76. The minimum absolute atomic E-state index is 0.0138. The zero-order valence-corrected chi connectivity index (χ0v) is 28.8. The lowest BCUT2D eigenvalue weighted by Gasteiger charge is -2.34. The number of aromatic hydroxyl groups is 1. The summed E-state index contributed by atoms with van der Waals surface area (Å²) in [5, 5.41) is 14.9. The number of rotatable bonds is 8. The topological polar surface area (TPSA) is 95.9 Å². The van der Waals surface area contributed by atoms with Crippen molar-refractivity contribution >= 4 is 27.5 Å². The van der Waals surface area contributed by atoms with Crippen molar-refractivity contribution in [2.45, 2.75) is 62.5 Å². The van der Waals surface area contributed by atoms with E-state index in [0.29, 0.717) is 37.1 Å². The third-order valence-electron chi connectivity index (χ3n) is 12.0. The number of phenols is 1. The lowest BCUT2D eigenvalue weighted by Crippen LogP contribution is -2.51. The van der Waals surface area contributed by atoms with E-state index < -0.39 is 40.9 Å². The summed E-state index contributed by atoms with van der Waals surface area (Å²) in [7, 11) is 1.37. The third kappa shape index (κ3) is 5.42. The van der Waals surface area contributed by atoms with Crippen LogP contribution in [0.3, 0.4) is 0 Å². The van der Waals surface area contributed by atoms with Crippen LogP contribution < -0.4 is 19.7 Å². The van der Waals surface area contributed by atoms with Gasteiger partial charge in [0.25, 0.3) is 0 Å². The number of hydrogen-bond acceptors (Lipinski definition) is 9. The van der Waals surface area contributed by atoms with E-state index in [-0.39, 0.29) is 95.4 Å². The number of anilines is 1. The Labute approximate surface area is 300 Å². The van der Waals surface area contributed by atoms with E-state index >= 15 is 8.78 Å². The predicted molar refractivity (Wildman–Crippen MR) is 184 cm³/mol. The van der Waals surface area contributed by atoms with E-state index in [2.05, 4.69) is 21.2 Å². The van der Waals surface area contributed by atoms with Crippen molar-refractivity contribution in [3.8, 4) is 41.2 Å². The Balaban J connectivity index is 1.12. The average molecular weight is 739 g/mol. The molecule has 3 atom stereocenters. The number of likely N-dealkylation sites (tertiary alicyclic amines) is 1. The van der Waals surface area contributed by atoms with Crippen LogP contribution in [0, 0.1) is 34.8 Å². The quantitative estimate of drug-likeness (QED) is 0.160. The van der Waals surface area contributed by atoms with Gasteiger partial charge in [-0.15, -0.1) is 6.42 Å². The molecule has 2 aromatic heterocycles. The minimum atomic E-state index is -4.95. The summed E-state index contributed by atoms with van der Waals surface area (Å²) in [6.07, 6.45) is 4.36. The fourth-order valence-corrected chi connectivity index (χ4v) is 8.95. The SMILES string of the molecule is C#Cc1c(F)ccc2cc(O)cc(-c3nc(OC)c4c(N5CC6CCC(C5)N6)nc(OCC5(CN6CC7(CC7)C(F)(C(F)(F)F)C6)CC5)nc4c3F)c12. The van der Waals surface area contributed by atoms with Gasteiger partial charge in [-0.05, 0) is 62.1 Å². The molecule has 5 aliphatic rings. The summed E-state index contributed by atoms with van der Waals surface area (Å²) in [5.41, 5.74) is -5.79. The molecule has 53 heavy (non-hydrogen) atoms. The van der Waals surface area contributed by atoms with Crippen LogP contribution in [-0.2, 0) is 0 Å². The van der Waals surface area contributed by atoms with Crippen LogP contribution in [0.2, 0.25) is 0 Å². The van der Waals surface area contributed by atoms with E-state index in [1.807, 2.05) is 4.90 Å². The molecule has 9 rings (SSSR count). The molecule has 4 aromatic rings. The Morgan fingerprint density at radius 2 is 1.75 bits per heavy atom. The number of aromatic nitrogens is 3. The first kappa shape index (κ1) is 34.2. The van der Waals surface area contributed by atoms with Gasteiger partial charge < -0.3 is 24.8 Å². The Morgan fingerprint density at radius 3 is 2.38 bits per heavy atom. The van der Waals surface area contributed by atoms with Crippen molar-refractivity contribution in [1.29, 1.82) is 0 Å². The van der Waals surface area contributed by atoms with Gasteiger partial charge in [-0.2, -0.15) is 23.1 Å². The van der Waals surface area contributed by atoms with Crippen molar-refractivity contribution in [3.63, 3.8) is 0 Å². The first-order valence-electron chi connectivity index (χ1n) is 17.8. The Hall–Kier alpha value is -4.55. The number of phenolic OH excluding ortho intramolecular Hbond substituents is 1. The van der Waals surface area contributed by atoms with Crippen molar-refractivity contribution in [2.75, 3.05) is 51.3 Å². The van der Waals surface area contributed by atoms with E-state index in [0.717, 1.165) is 12.8 Å². The Kier molecular flexibility index (Phi) is 7.57. The Bertz CT molecular complexity index is 2210. The number of piperazine rings is 1. The van der Waals surface area contributed by atoms with Gasteiger partial charge in [0.05, 0.1) is 19.3 Å². The molecule has 2 saturated carbocycles. The molecule has 1 spiro atoms. The van der Waals surface area contributed by atoms with Crippen LogP contribution in [0.5, 0.6) is 17.6 Å². The zero-order chi connectivity index (χ0) is 37.1. The highest BCUT2D eigenvalue weighted by molar-refractivity contribution is 6.04. The number of terminal acetylenes is 1. The van der Waals surface area contributed by atoms with Crippen LogP contribution in [0.4, 0.5) is 32.2 Å². The molecule has 2 aromatic carbocycles. The number of alkyl halides is 4. The molecular formula is C38H36F6N6O3. The first-order valence-corrected chi connectivity index (χ1v) is 17.8. The fourth-order valence-electron chi connectivity index (χ4n) is 8.95. The summed E-state index contributed by atoms with van der Waals surface area (Å²) < 4.78 is 101. The largest absolute Gasteiger partial charge is 0.508 e. The number of nitrogens with one attached hydrogen (secondary N) is 1. The number of benzene rings is 2. The number of ether oxygens (including phenoxy) is 2. The second-order valence-electron chi connectivity index (χ2n) is 15.6. The average Bonchev–Trinajstić information content (AvgIpc) is 4.03. The van der Waals surface area contributed by atoms with Gasteiger partial charge in [0.15, 0.2) is 5.82 Å². The molecule has 278 valence electrons. The van der Waals surface area contributed by atoms with Crippen LogP contribution in [0.15, 0.2) is 24.3 Å². The summed E-state index contributed by atoms with van der Waals surface area (Å²) in [6, 6.07) is 5.41. The normalized spacial score (nSPS) is 25.7. The van der Waals surface area contributed by atoms with Crippen molar-refractivity contribution in [1.82, 2.24) is 25.2 Å². The number of nitrogens with zero attached hydrogens (tertiary/aromatic N) is 5. The van der Waals surface area contributed by atoms with E-state index in [1.54, 1.807) is 4.90 Å². The Morgan fingerprint density at radius 1 is 1.02 bits per heavy atom. The molecule has 3 aliphatic heterocycles. The maximum atomic E-state index is 17.1. The van der Waals surface area contributed by atoms with E-state index in [9.17, 15) is 22.7 Å². The van der Waals surface area contributed by atoms with Gasteiger partial charge in [-0.3, -0.25) is 4.90 Å². The molecule has 3 unspecified atom stereocenters. The molecule has 0 amide bonds. The predicted octanol–water partition coefficient (Wildman–Crippen LogP) is 6.28. The third-order valence-corrected chi connectivity index (χ3v) is 12.0. The number of hydrogen-bond donors (Lipinski definition) is 2. The van der Waals surface area contributed by atoms with Gasteiger partial charge in [-0.1, -0.05) is 12.0 Å². The van der Waals surface area contributed by atoms with Gasteiger partial charge in [0.2, 0.25) is 11.5 Å². The summed E-state index contributed by atoms with van der Waals surface area (Å²) >= 11 is 0. The van der Waals surface area contributed by atoms with Gasteiger partial charge in [0, 0.05) is 66.6 Å². The number of halogens is 6. The zero-order valence-electron chi connectivity index (χ0n) is 28.8. The molecule has 3 saturated heterocycles. The first-order chi connectivity index (χ1) is 25.3. The maximum absolute atomic E-state index is 17.1. The highest BCUT2D eigenvalue weighted by Crippen LogP contribution is 2.65. The molecular weight excluding hydrogens is 702 g/mol. The molecule has 9 nitrogen and oxygen atoms in total. The lowest BCUT2D eigenvalue weighted by atomic mass is 9.89. The summed E-state index contributed by atoms with van der Waals surface area (Å²) in [4.78, 5) is 17.4. The standard InChI is InChI=1S/C38H36F6N6O3/c1-3-24-26(39)7-4-20-12-23(51)13-25(27(20)24)30-29(40)31-28(33(46-30)52-2)32(50-14-21-5-6-22(15-50)45-21)48-34(47-31)53-19-35(8-9-35)16-49-17-36(10-11-36)37(41,18-49)38(42,43)44/h1,4,7,12-13,21-22,45,51H,5-6,8-11,14-19H2,2H3. The molecule has 0 radical (unpaired) electrons. The number of pyridine rings is 1. The van der Waals surface area contributed by atoms with E-state index in [4.69, 9.17) is 20.9 Å². The lowest BCUT2D eigenvalue weighted by molar-refractivity contribution is -0.242. The van der Waals surface area contributed by atoms with Gasteiger partial charge in [0.1, 0.15) is 34.0 Å². The highest BCUT2D eigenvalue weighted by atomic mass is 19.4. The molecule has 2 N–H and O–H groups in total.